The van der Waals surface area contributed by atoms with E-state index >= 15 is 0 Å². The highest BCUT2D eigenvalue weighted by Gasteiger charge is 2.38. The van der Waals surface area contributed by atoms with Gasteiger partial charge in [-0.15, -0.1) is 0 Å². The summed E-state index contributed by atoms with van der Waals surface area (Å²) in [5, 5.41) is 0. The van der Waals surface area contributed by atoms with E-state index < -0.39 is 0 Å². The average molecular weight is 223 g/mol. The maximum absolute atomic E-state index is 13.4. The molecule has 0 spiro atoms. The van der Waals surface area contributed by atoms with Gasteiger partial charge in [-0.05, 0) is 30.9 Å². The van der Waals surface area contributed by atoms with Crippen LogP contribution < -0.4 is 4.74 Å². The number of hydrogen-bond donors (Lipinski definition) is 0. The zero-order valence-electron chi connectivity index (χ0n) is 10.1. The summed E-state index contributed by atoms with van der Waals surface area (Å²) in [6, 6.07) is 3.15. The quantitative estimate of drug-likeness (QED) is 0.779. The monoisotopic (exact) mass is 223 g/mol. The lowest BCUT2D eigenvalue weighted by atomic mass is 10.1. The standard InChI is InChI=1S/C13H18FNO/c1-9(2)11-5-4-10(14)12(15-11)16-8-13(3)6-7-13/h4-5,9H,6-8H2,1-3H3. The molecule has 0 unspecified atom stereocenters. The molecule has 0 N–H and O–H groups in total. The largest absolute Gasteiger partial charge is 0.475 e. The van der Waals surface area contributed by atoms with Crippen LogP contribution in [0.1, 0.15) is 45.2 Å². The fourth-order valence-electron chi connectivity index (χ4n) is 1.46. The molecule has 3 heteroatoms. The first kappa shape index (κ1) is 11.4. The molecule has 1 aromatic heterocycles. The maximum Gasteiger partial charge on any atom is 0.250 e. The van der Waals surface area contributed by atoms with Crippen molar-refractivity contribution in [3.63, 3.8) is 0 Å². The van der Waals surface area contributed by atoms with Crippen molar-refractivity contribution in [3.05, 3.63) is 23.6 Å². The number of hydrogen-bond acceptors (Lipinski definition) is 2. The first-order valence-corrected chi connectivity index (χ1v) is 5.79. The van der Waals surface area contributed by atoms with E-state index in [1.165, 1.54) is 18.9 Å². The van der Waals surface area contributed by atoms with Crippen LogP contribution in [0.5, 0.6) is 5.88 Å². The predicted molar refractivity (Wildman–Crippen MR) is 61.1 cm³/mol. The Bertz CT molecular complexity index is 386. The van der Waals surface area contributed by atoms with Gasteiger partial charge in [0.05, 0.1) is 6.61 Å². The van der Waals surface area contributed by atoms with Gasteiger partial charge in [0.25, 0.3) is 5.88 Å². The second-order valence-electron chi connectivity index (χ2n) is 5.28. The smallest absolute Gasteiger partial charge is 0.250 e. The van der Waals surface area contributed by atoms with Gasteiger partial charge in [-0.2, -0.15) is 0 Å². The molecule has 2 rings (SSSR count). The number of halogens is 1. The van der Waals surface area contributed by atoms with Crippen molar-refractivity contribution < 1.29 is 9.13 Å². The molecule has 1 saturated carbocycles. The first-order valence-electron chi connectivity index (χ1n) is 5.79. The Morgan fingerprint density at radius 3 is 2.69 bits per heavy atom. The average Bonchev–Trinajstić information content (AvgIpc) is 2.95. The minimum absolute atomic E-state index is 0.152. The van der Waals surface area contributed by atoms with E-state index in [1.54, 1.807) is 6.07 Å². The molecule has 0 radical (unpaired) electrons. The van der Waals surface area contributed by atoms with Crippen molar-refractivity contribution in [2.24, 2.45) is 5.41 Å². The van der Waals surface area contributed by atoms with Gasteiger partial charge in [0.1, 0.15) is 0 Å². The zero-order chi connectivity index (χ0) is 11.8. The SMILES string of the molecule is CC(C)c1ccc(F)c(OCC2(C)CC2)n1. The summed E-state index contributed by atoms with van der Waals surface area (Å²) in [5.74, 6) is 0.0763. The van der Waals surface area contributed by atoms with Crippen LogP contribution in [-0.2, 0) is 0 Å². The summed E-state index contributed by atoms with van der Waals surface area (Å²) in [5.41, 5.74) is 1.12. The van der Waals surface area contributed by atoms with Gasteiger partial charge in [-0.3, -0.25) is 0 Å². The van der Waals surface area contributed by atoms with E-state index in [4.69, 9.17) is 4.74 Å². The Balaban J connectivity index is 2.09. The Labute approximate surface area is 95.8 Å². The Hall–Kier alpha value is -1.12. The molecule has 0 bridgehead atoms. The zero-order valence-corrected chi connectivity index (χ0v) is 10.1. The molecule has 88 valence electrons. The summed E-state index contributed by atoms with van der Waals surface area (Å²) >= 11 is 0. The van der Waals surface area contributed by atoms with Crippen LogP contribution in [-0.4, -0.2) is 11.6 Å². The van der Waals surface area contributed by atoms with E-state index in [-0.39, 0.29) is 17.1 Å². The second kappa shape index (κ2) is 4.04. The lowest BCUT2D eigenvalue weighted by Gasteiger charge is -2.12. The molecule has 0 atom stereocenters. The van der Waals surface area contributed by atoms with E-state index in [2.05, 4.69) is 11.9 Å². The topological polar surface area (TPSA) is 22.1 Å². The van der Waals surface area contributed by atoms with Gasteiger partial charge in [-0.25, -0.2) is 9.37 Å². The Morgan fingerprint density at radius 1 is 1.44 bits per heavy atom. The molecule has 2 nitrogen and oxygen atoms in total. The van der Waals surface area contributed by atoms with Crippen LogP contribution >= 0.6 is 0 Å². The van der Waals surface area contributed by atoms with Crippen LogP contribution in [0, 0.1) is 11.2 Å². The van der Waals surface area contributed by atoms with E-state index in [1.807, 2.05) is 13.8 Å². The molecule has 16 heavy (non-hydrogen) atoms. The third kappa shape index (κ3) is 2.52. The number of rotatable bonds is 4. The van der Waals surface area contributed by atoms with Crippen molar-refractivity contribution in [2.75, 3.05) is 6.61 Å². The Morgan fingerprint density at radius 2 is 2.12 bits per heavy atom. The van der Waals surface area contributed by atoms with Gasteiger partial charge >= 0.3 is 0 Å². The van der Waals surface area contributed by atoms with Crippen LogP contribution in [0.2, 0.25) is 0 Å². The van der Waals surface area contributed by atoms with Gasteiger partial charge in [0.15, 0.2) is 5.82 Å². The van der Waals surface area contributed by atoms with Crippen molar-refractivity contribution in [3.8, 4) is 5.88 Å². The summed E-state index contributed by atoms with van der Waals surface area (Å²) in [6.45, 7) is 6.79. The van der Waals surface area contributed by atoms with Crippen LogP contribution in [0.15, 0.2) is 12.1 Å². The number of ether oxygens (including phenoxy) is 1. The highest BCUT2D eigenvalue weighted by atomic mass is 19.1. The molecule has 0 aliphatic heterocycles. The lowest BCUT2D eigenvalue weighted by Crippen LogP contribution is -2.11. The van der Waals surface area contributed by atoms with E-state index in [0.29, 0.717) is 12.5 Å². The van der Waals surface area contributed by atoms with E-state index in [9.17, 15) is 4.39 Å². The Kier molecular flexibility index (Phi) is 2.87. The third-order valence-corrected chi connectivity index (χ3v) is 3.09. The van der Waals surface area contributed by atoms with Gasteiger partial charge in [-0.1, -0.05) is 20.8 Å². The van der Waals surface area contributed by atoms with Crippen molar-refractivity contribution >= 4 is 0 Å². The molecule has 1 fully saturated rings. The van der Waals surface area contributed by atoms with Crippen LogP contribution in [0.3, 0.4) is 0 Å². The van der Waals surface area contributed by atoms with Crippen molar-refractivity contribution in [2.45, 2.75) is 39.5 Å². The predicted octanol–water partition coefficient (Wildman–Crippen LogP) is 3.52. The number of nitrogens with zero attached hydrogens (tertiary/aromatic N) is 1. The summed E-state index contributed by atoms with van der Waals surface area (Å²) < 4.78 is 18.9. The molecular weight excluding hydrogens is 205 g/mol. The number of aromatic nitrogens is 1. The fraction of sp³-hybridized carbons (Fsp3) is 0.615. The molecule has 1 aliphatic carbocycles. The minimum Gasteiger partial charge on any atom is -0.475 e. The lowest BCUT2D eigenvalue weighted by molar-refractivity contribution is 0.227. The maximum atomic E-state index is 13.4. The minimum atomic E-state index is -0.367. The molecule has 1 aromatic rings. The summed E-state index contributed by atoms with van der Waals surface area (Å²) in [4.78, 5) is 4.21. The molecular formula is C13H18FNO. The van der Waals surface area contributed by atoms with E-state index in [0.717, 1.165) is 5.69 Å². The first-order chi connectivity index (χ1) is 7.50. The highest BCUT2D eigenvalue weighted by molar-refractivity contribution is 5.20. The third-order valence-electron chi connectivity index (χ3n) is 3.09. The normalized spacial score (nSPS) is 17.6. The fourth-order valence-corrected chi connectivity index (χ4v) is 1.46. The van der Waals surface area contributed by atoms with Gasteiger partial charge < -0.3 is 4.74 Å². The van der Waals surface area contributed by atoms with Gasteiger partial charge in [0.2, 0.25) is 0 Å². The van der Waals surface area contributed by atoms with Crippen molar-refractivity contribution in [1.82, 2.24) is 4.98 Å². The molecule has 1 heterocycles. The van der Waals surface area contributed by atoms with Gasteiger partial charge in [0, 0.05) is 11.1 Å². The number of pyridine rings is 1. The van der Waals surface area contributed by atoms with Crippen LogP contribution in [0.4, 0.5) is 4.39 Å². The molecule has 0 saturated heterocycles. The van der Waals surface area contributed by atoms with Crippen LogP contribution in [0.25, 0.3) is 0 Å². The molecule has 1 aliphatic rings. The second-order valence-corrected chi connectivity index (χ2v) is 5.28. The van der Waals surface area contributed by atoms with Crippen molar-refractivity contribution in [1.29, 1.82) is 0 Å². The summed E-state index contributed by atoms with van der Waals surface area (Å²) in [7, 11) is 0. The molecule has 0 aromatic carbocycles. The molecule has 0 amide bonds. The highest BCUT2D eigenvalue weighted by Crippen LogP contribution is 2.45. The summed E-state index contributed by atoms with van der Waals surface area (Å²) in [6.07, 6.45) is 2.33.